The second kappa shape index (κ2) is 11.3. The molecule has 1 N–H and O–H groups in total. The van der Waals surface area contributed by atoms with Gasteiger partial charge < -0.3 is 19.7 Å². The number of carbonyl (C=O) groups excluding carboxylic acids is 3. The Hall–Kier alpha value is -2.57. The van der Waals surface area contributed by atoms with Gasteiger partial charge in [0, 0.05) is 19.5 Å². The summed E-state index contributed by atoms with van der Waals surface area (Å²) in [6, 6.07) is 7.83. The van der Waals surface area contributed by atoms with Gasteiger partial charge in [-0.3, -0.25) is 14.4 Å². The lowest BCUT2D eigenvalue weighted by atomic mass is 9.78. The van der Waals surface area contributed by atoms with Crippen LogP contribution in [0.25, 0.3) is 0 Å². The van der Waals surface area contributed by atoms with Crippen molar-refractivity contribution in [3.05, 3.63) is 29.8 Å². The van der Waals surface area contributed by atoms with Crippen molar-refractivity contribution in [2.24, 2.45) is 5.92 Å². The molecule has 0 unspecified atom stereocenters. The highest BCUT2D eigenvalue weighted by molar-refractivity contribution is 5.85. The molecule has 2 fully saturated rings. The molecule has 176 valence electrons. The van der Waals surface area contributed by atoms with E-state index in [0.717, 1.165) is 49.8 Å². The Morgan fingerprint density at radius 1 is 1.16 bits per heavy atom. The fourth-order valence-corrected chi connectivity index (χ4v) is 4.83. The van der Waals surface area contributed by atoms with Crippen molar-refractivity contribution < 1.29 is 23.9 Å². The topological polar surface area (TPSA) is 84.9 Å². The maximum atomic E-state index is 13.2. The number of carbonyl (C=O) groups is 3. The van der Waals surface area contributed by atoms with Crippen molar-refractivity contribution in [1.29, 1.82) is 0 Å². The lowest BCUT2D eigenvalue weighted by Gasteiger charge is -2.40. The van der Waals surface area contributed by atoms with E-state index in [2.05, 4.69) is 5.32 Å². The lowest BCUT2D eigenvalue weighted by molar-refractivity contribution is -0.146. The molecule has 32 heavy (non-hydrogen) atoms. The van der Waals surface area contributed by atoms with Crippen LogP contribution in [-0.4, -0.2) is 55.0 Å². The van der Waals surface area contributed by atoms with Crippen molar-refractivity contribution in [2.45, 2.75) is 70.3 Å². The average Bonchev–Trinajstić information content (AvgIpc) is 2.79. The maximum Gasteiger partial charge on any atom is 0.308 e. The number of rotatable bonds is 9. The fourth-order valence-electron chi connectivity index (χ4n) is 4.83. The molecule has 0 radical (unpaired) electrons. The van der Waals surface area contributed by atoms with Gasteiger partial charge in [-0.1, -0.05) is 31.4 Å². The monoisotopic (exact) mass is 444 g/mol. The minimum Gasteiger partial charge on any atom is -0.497 e. The van der Waals surface area contributed by atoms with E-state index in [1.165, 1.54) is 0 Å². The van der Waals surface area contributed by atoms with Gasteiger partial charge in [-0.15, -0.1) is 0 Å². The highest BCUT2D eigenvalue weighted by atomic mass is 16.5. The normalized spacial score (nSPS) is 20.5. The number of likely N-dealkylation sites (tertiary alicyclic amines) is 1. The van der Waals surface area contributed by atoms with Crippen molar-refractivity contribution in [2.75, 3.05) is 26.8 Å². The molecule has 1 aliphatic carbocycles. The number of esters is 1. The first-order valence-electron chi connectivity index (χ1n) is 11.8. The van der Waals surface area contributed by atoms with E-state index in [0.29, 0.717) is 32.5 Å². The number of hydrogen-bond donors (Lipinski definition) is 1. The zero-order valence-corrected chi connectivity index (χ0v) is 19.4. The first kappa shape index (κ1) is 24.1. The van der Waals surface area contributed by atoms with E-state index in [1.54, 1.807) is 18.9 Å². The van der Waals surface area contributed by atoms with Crippen LogP contribution in [0.2, 0.25) is 0 Å². The van der Waals surface area contributed by atoms with E-state index in [1.807, 2.05) is 24.3 Å². The van der Waals surface area contributed by atoms with E-state index in [-0.39, 0.29) is 30.1 Å². The summed E-state index contributed by atoms with van der Waals surface area (Å²) in [4.78, 5) is 39.7. The summed E-state index contributed by atoms with van der Waals surface area (Å²) in [6.45, 7) is 3.15. The van der Waals surface area contributed by atoms with Crippen molar-refractivity contribution >= 4 is 17.8 Å². The fraction of sp³-hybridized carbons (Fsp3) is 0.640. The molecule has 1 aromatic carbocycles. The number of nitrogens with zero attached hydrogens (tertiary/aromatic N) is 1. The van der Waals surface area contributed by atoms with Crippen LogP contribution in [0.4, 0.5) is 0 Å². The van der Waals surface area contributed by atoms with Crippen LogP contribution < -0.4 is 10.1 Å². The van der Waals surface area contributed by atoms with Gasteiger partial charge in [-0.25, -0.2) is 0 Å². The molecule has 1 saturated heterocycles. The highest BCUT2D eigenvalue weighted by Crippen LogP contribution is 2.32. The predicted molar refractivity (Wildman–Crippen MR) is 121 cm³/mol. The Kier molecular flexibility index (Phi) is 8.53. The van der Waals surface area contributed by atoms with Gasteiger partial charge >= 0.3 is 5.97 Å². The van der Waals surface area contributed by atoms with Gasteiger partial charge in [0.15, 0.2) is 0 Å². The van der Waals surface area contributed by atoms with Gasteiger partial charge in [0.25, 0.3) is 0 Å². The minimum atomic E-state index is -0.517. The lowest BCUT2D eigenvalue weighted by Crippen LogP contribution is -2.55. The highest BCUT2D eigenvalue weighted by Gasteiger charge is 2.39. The summed E-state index contributed by atoms with van der Waals surface area (Å²) < 4.78 is 10.4. The Morgan fingerprint density at radius 2 is 1.88 bits per heavy atom. The Labute approximate surface area is 190 Å². The molecule has 7 heteroatoms. The minimum absolute atomic E-state index is 0.0434. The summed E-state index contributed by atoms with van der Waals surface area (Å²) in [5.41, 5.74) is 0.609. The van der Waals surface area contributed by atoms with Crippen LogP contribution in [0.5, 0.6) is 5.75 Å². The standard InChI is InChI=1S/C25H36N2O5/c1-3-32-23(29)17-25(14-5-4-6-15-25)26-24(30)20-9-12-22(28)27(18-20)16-13-19-7-10-21(31-2)11-8-19/h7-8,10-11,20H,3-6,9,12-18H2,1-2H3,(H,26,30)/t20-/m1/s1. The molecule has 1 atom stereocenters. The van der Waals surface area contributed by atoms with Crippen LogP contribution in [-0.2, 0) is 25.5 Å². The van der Waals surface area contributed by atoms with Crippen molar-refractivity contribution in [1.82, 2.24) is 10.2 Å². The third kappa shape index (κ3) is 6.47. The second-order valence-electron chi connectivity index (χ2n) is 8.99. The number of nitrogens with one attached hydrogen (secondary N) is 1. The molecule has 2 aliphatic rings. The summed E-state index contributed by atoms with van der Waals surface area (Å²) in [5.74, 6) is 0.359. The number of amides is 2. The Morgan fingerprint density at radius 3 is 2.53 bits per heavy atom. The van der Waals surface area contributed by atoms with Crippen molar-refractivity contribution in [3.8, 4) is 5.75 Å². The molecule has 1 heterocycles. The molecular weight excluding hydrogens is 408 g/mol. The number of piperidine rings is 1. The summed E-state index contributed by atoms with van der Waals surface area (Å²) in [7, 11) is 1.64. The van der Waals surface area contributed by atoms with Gasteiger partial charge in [0.2, 0.25) is 11.8 Å². The van der Waals surface area contributed by atoms with Crippen LogP contribution in [0, 0.1) is 5.92 Å². The summed E-state index contributed by atoms with van der Waals surface area (Å²) in [6.07, 6.45) is 6.60. The molecule has 1 aliphatic heterocycles. The number of methoxy groups -OCH3 is 1. The van der Waals surface area contributed by atoms with Gasteiger partial charge in [-0.2, -0.15) is 0 Å². The number of ether oxygens (including phenoxy) is 2. The van der Waals surface area contributed by atoms with Crippen LogP contribution in [0.15, 0.2) is 24.3 Å². The van der Waals surface area contributed by atoms with Gasteiger partial charge in [0.05, 0.1) is 31.6 Å². The number of hydrogen-bond acceptors (Lipinski definition) is 5. The first-order valence-corrected chi connectivity index (χ1v) is 11.8. The summed E-state index contributed by atoms with van der Waals surface area (Å²) in [5, 5.41) is 3.22. The zero-order valence-electron chi connectivity index (χ0n) is 19.4. The smallest absolute Gasteiger partial charge is 0.308 e. The van der Waals surface area contributed by atoms with E-state index < -0.39 is 5.54 Å². The molecule has 1 saturated carbocycles. The molecule has 0 aromatic heterocycles. The third-order valence-corrected chi connectivity index (χ3v) is 6.69. The first-order chi connectivity index (χ1) is 15.4. The Balaban J connectivity index is 1.58. The zero-order chi connectivity index (χ0) is 23.0. The van der Waals surface area contributed by atoms with E-state index in [9.17, 15) is 14.4 Å². The molecule has 0 spiro atoms. The predicted octanol–water partition coefficient (Wildman–Crippen LogP) is 3.25. The molecule has 0 bridgehead atoms. The van der Waals surface area contributed by atoms with Gasteiger partial charge in [0.1, 0.15) is 5.75 Å². The number of benzene rings is 1. The SMILES string of the molecule is CCOC(=O)CC1(NC(=O)[C@@H]2CCC(=O)N(CCc3ccc(OC)cc3)C2)CCCCC1. The van der Waals surface area contributed by atoms with Crippen LogP contribution in [0.1, 0.15) is 63.9 Å². The maximum absolute atomic E-state index is 13.2. The van der Waals surface area contributed by atoms with Gasteiger partial charge in [-0.05, 0) is 50.3 Å². The van der Waals surface area contributed by atoms with Crippen molar-refractivity contribution in [3.63, 3.8) is 0 Å². The summed E-state index contributed by atoms with van der Waals surface area (Å²) >= 11 is 0. The molecule has 7 nitrogen and oxygen atoms in total. The average molecular weight is 445 g/mol. The Bertz CT molecular complexity index is 786. The second-order valence-corrected chi connectivity index (χ2v) is 8.99. The molecule has 2 amide bonds. The van der Waals surface area contributed by atoms with E-state index >= 15 is 0 Å². The van der Waals surface area contributed by atoms with E-state index in [4.69, 9.17) is 9.47 Å². The van der Waals surface area contributed by atoms with Crippen LogP contribution in [0.3, 0.4) is 0 Å². The van der Waals surface area contributed by atoms with Crippen LogP contribution >= 0.6 is 0 Å². The third-order valence-electron chi connectivity index (χ3n) is 6.69. The molecule has 3 rings (SSSR count). The largest absolute Gasteiger partial charge is 0.497 e. The quantitative estimate of drug-likeness (QED) is 0.591. The molecule has 1 aromatic rings. The molecular formula is C25H36N2O5.